The lowest BCUT2D eigenvalue weighted by Gasteiger charge is -2.14. The Hall–Kier alpha value is -1.08. The summed E-state index contributed by atoms with van der Waals surface area (Å²) in [5.41, 5.74) is 6.19. The molecular weight excluding hydrogens is 412 g/mol. The number of rotatable bonds is 19. The van der Waals surface area contributed by atoms with Gasteiger partial charge < -0.3 is 0 Å². The lowest BCUT2D eigenvalue weighted by molar-refractivity contribution is 0.529. The molecule has 2 rings (SSSR count). The van der Waals surface area contributed by atoms with Gasteiger partial charge in [0.2, 0.25) is 0 Å². The molecule has 0 amide bonds. The van der Waals surface area contributed by atoms with E-state index in [2.05, 4.69) is 52.0 Å². The number of aryl methyl sites for hydroxylation is 1. The predicted octanol–water partition coefficient (Wildman–Crippen LogP) is 9.75. The van der Waals surface area contributed by atoms with E-state index in [0.717, 1.165) is 9.52 Å². The van der Waals surface area contributed by atoms with E-state index in [0.29, 0.717) is 0 Å². The Bertz CT molecular complexity index is 724. The fourth-order valence-electron chi connectivity index (χ4n) is 5.23. The molecule has 0 atom stereocenters. The van der Waals surface area contributed by atoms with Gasteiger partial charge in [-0.15, -0.1) is 0 Å². The van der Waals surface area contributed by atoms with Crippen LogP contribution in [0.4, 0.5) is 0 Å². The van der Waals surface area contributed by atoms with E-state index < -0.39 is 0 Å². The lowest BCUT2D eigenvalue weighted by Crippen LogP contribution is -2.22. The Morgan fingerprint density at radius 2 is 1.18 bits per heavy atom. The second kappa shape index (κ2) is 17.4. The van der Waals surface area contributed by atoms with Gasteiger partial charge in [0, 0.05) is 0 Å². The van der Waals surface area contributed by atoms with Crippen molar-refractivity contribution < 1.29 is 0 Å². The quantitative estimate of drug-likeness (QED) is 0.141. The first kappa shape index (κ1) is 28.2. The van der Waals surface area contributed by atoms with Crippen molar-refractivity contribution in [3.63, 3.8) is 0 Å². The zero-order chi connectivity index (χ0) is 23.7. The van der Waals surface area contributed by atoms with Crippen LogP contribution in [0.15, 0.2) is 40.6 Å². The topological polar surface area (TPSA) is 0 Å². The van der Waals surface area contributed by atoms with Crippen LogP contribution in [0.3, 0.4) is 0 Å². The third-order valence-electron chi connectivity index (χ3n) is 7.37. The van der Waals surface area contributed by atoms with Gasteiger partial charge in [0.25, 0.3) is 0 Å². The Morgan fingerprint density at radius 1 is 0.667 bits per heavy atom. The molecule has 0 aliphatic heterocycles. The molecule has 33 heavy (non-hydrogen) atoms. The van der Waals surface area contributed by atoms with Gasteiger partial charge >= 0.3 is 0 Å². The van der Waals surface area contributed by atoms with E-state index in [1.165, 1.54) is 132 Å². The Kier molecular flexibility index (Phi) is 14.8. The maximum absolute atomic E-state index is 2.39. The summed E-state index contributed by atoms with van der Waals surface area (Å²) in [6, 6.07) is 6.97. The number of hydrogen-bond acceptors (Lipinski definition) is 0. The van der Waals surface area contributed by atoms with Crippen LogP contribution in [0.25, 0.3) is 0 Å². The fraction of sp³-hybridized carbons (Fsp3) is 0.688. The van der Waals surface area contributed by atoms with Crippen molar-refractivity contribution in [2.75, 3.05) is 0 Å². The molecule has 1 aliphatic carbocycles. The van der Waals surface area contributed by atoms with Gasteiger partial charge in [-0.2, -0.15) is 0 Å². The van der Waals surface area contributed by atoms with Crippen molar-refractivity contribution in [1.82, 2.24) is 0 Å². The molecule has 0 unspecified atom stereocenters. The molecule has 0 heterocycles. The molecule has 0 fully saturated rings. The SMILES string of the molecule is CCCCCCCCCCCCCCCCCCc1c(C)cccc1[Si]C1=C(C)C=C(C)C1. The highest BCUT2D eigenvalue weighted by Gasteiger charge is 2.14. The molecule has 184 valence electrons. The van der Waals surface area contributed by atoms with E-state index >= 15 is 0 Å². The Labute approximate surface area is 209 Å². The predicted molar refractivity (Wildman–Crippen MR) is 151 cm³/mol. The second-order valence-corrected chi connectivity index (χ2v) is 12.0. The fourth-order valence-corrected chi connectivity index (χ4v) is 6.85. The molecule has 0 nitrogen and oxygen atoms in total. The smallest absolute Gasteiger partial charge is 0.0725 e. The highest BCUT2D eigenvalue weighted by molar-refractivity contribution is 6.62. The summed E-state index contributed by atoms with van der Waals surface area (Å²) in [6.07, 6.45) is 27.9. The average Bonchev–Trinajstić information content (AvgIpc) is 3.11. The van der Waals surface area contributed by atoms with Gasteiger partial charge in [-0.25, -0.2) is 0 Å². The number of hydrogen-bond donors (Lipinski definition) is 0. The van der Waals surface area contributed by atoms with E-state index in [1.54, 1.807) is 15.9 Å². The van der Waals surface area contributed by atoms with Gasteiger partial charge in [-0.3, -0.25) is 0 Å². The summed E-state index contributed by atoms with van der Waals surface area (Å²) in [7, 11) is 0.858. The number of benzene rings is 1. The van der Waals surface area contributed by atoms with Gasteiger partial charge in [0.15, 0.2) is 0 Å². The summed E-state index contributed by atoms with van der Waals surface area (Å²) in [5.74, 6) is 0. The van der Waals surface area contributed by atoms with Gasteiger partial charge in [0.05, 0.1) is 0 Å². The summed E-state index contributed by atoms with van der Waals surface area (Å²) < 4.78 is 0. The van der Waals surface area contributed by atoms with Gasteiger partial charge in [-0.05, 0) is 51.2 Å². The summed E-state index contributed by atoms with van der Waals surface area (Å²) in [6.45, 7) is 9.18. The maximum Gasteiger partial charge on any atom is 0.117 e. The normalized spacial score (nSPS) is 13.8. The van der Waals surface area contributed by atoms with Crippen LogP contribution in [0.2, 0.25) is 0 Å². The van der Waals surface area contributed by atoms with Crippen molar-refractivity contribution in [2.24, 2.45) is 0 Å². The molecule has 0 bridgehead atoms. The van der Waals surface area contributed by atoms with Crippen LogP contribution >= 0.6 is 0 Å². The molecule has 0 saturated heterocycles. The first-order chi connectivity index (χ1) is 16.1. The molecule has 0 spiro atoms. The Morgan fingerprint density at radius 3 is 1.67 bits per heavy atom. The monoisotopic (exact) mass is 464 g/mol. The first-order valence-electron chi connectivity index (χ1n) is 14.3. The third kappa shape index (κ3) is 11.7. The molecule has 0 saturated carbocycles. The molecule has 1 heteroatoms. The van der Waals surface area contributed by atoms with Crippen LogP contribution in [-0.2, 0) is 6.42 Å². The van der Waals surface area contributed by atoms with Crippen LogP contribution in [0.5, 0.6) is 0 Å². The largest absolute Gasteiger partial charge is 0.117 e. The van der Waals surface area contributed by atoms with E-state index in [1.807, 2.05) is 0 Å². The summed E-state index contributed by atoms with van der Waals surface area (Å²) in [4.78, 5) is 0. The molecule has 1 aliphatic rings. The molecular formula is C32H52Si. The van der Waals surface area contributed by atoms with Crippen molar-refractivity contribution in [3.05, 3.63) is 51.7 Å². The zero-order valence-electron chi connectivity index (χ0n) is 22.5. The van der Waals surface area contributed by atoms with Crippen LogP contribution < -0.4 is 5.19 Å². The molecule has 0 aromatic heterocycles. The highest BCUT2D eigenvalue weighted by Crippen LogP contribution is 2.24. The summed E-state index contributed by atoms with van der Waals surface area (Å²) in [5, 5.41) is 3.26. The van der Waals surface area contributed by atoms with E-state index in [-0.39, 0.29) is 0 Å². The third-order valence-corrected chi connectivity index (χ3v) is 8.98. The van der Waals surface area contributed by atoms with Crippen LogP contribution in [-0.4, -0.2) is 9.52 Å². The standard InChI is InChI=1S/C32H52Si/c1-5-6-7-8-9-10-11-12-13-14-15-16-17-18-19-20-23-30-28(3)22-21-24-31(30)33-32-26-27(2)25-29(32)4/h21-22,24-25H,5-20,23,26H2,1-4H3. The van der Waals surface area contributed by atoms with Crippen molar-refractivity contribution >= 4 is 14.7 Å². The van der Waals surface area contributed by atoms with Crippen molar-refractivity contribution in [3.8, 4) is 0 Å². The minimum atomic E-state index is 0.858. The molecule has 0 N–H and O–H groups in total. The Balaban J connectivity index is 1.50. The lowest BCUT2D eigenvalue weighted by atomic mass is 10.0. The van der Waals surface area contributed by atoms with Crippen LogP contribution in [0.1, 0.15) is 141 Å². The van der Waals surface area contributed by atoms with Crippen molar-refractivity contribution in [1.29, 1.82) is 0 Å². The molecule has 2 radical (unpaired) electrons. The molecule has 1 aromatic rings. The number of allylic oxidation sites excluding steroid dienone is 4. The van der Waals surface area contributed by atoms with Gasteiger partial charge in [0.1, 0.15) is 9.52 Å². The minimum absolute atomic E-state index is 0.858. The van der Waals surface area contributed by atoms with E-state index in [9.17, 15) is 0 Å². The van der Waals surface area contributed by atoms with Gasteiger partial charge in [-0.1, -0.05) is 149 Å². The first-order valence-corrected chi connectivity index (χ1v) is 15.3. The zero-order valence-corrected chi connectivity index (χ0v) is 23.5. The van der Waals surface area contributed by atoms with E-state index in [4.69, 9.17) is 0 Å². The maximum atomic E-state index is 2.39. The summed E-state index contributed by atoms with van der Waals surface area (Å²) >= 11 is 0. The highest BCUT2D eigenvalue weighted by atomic mass is 28.2. The minimum Gasteiger partial charge on any atom is -0.0725 e. The average molecular weight is 465 g/mol. The second-order valence-electron chi connectivity index (χ2n) is 10.6. The van der Waals surface area contributed by atoms with Crippen LogP contribution in [0, 0.1) is 6.92 Å². The van der Waals surface area contributed by atoms with Crippen molar-refractivity contribution in [2.45, 2.75) is 143 Å². The number of unbranched alkanes of at least 4 members (excludes halogenated alkanes) is 15. The molecule has 1 aromatic carbocycles.